The highest BCUT2D eigenvalue weighted by molar-refractivity contribution is 9.10. The third-order valence-corrected chi connectivity index (χ3v) is 3.69. The zero-order chi connectivity index (χ0) is 13.1. The first kappa shape index (κ1) is 12.2. The Morgan fingerprint density at radius 3 is 2.89 bits per heavy atom. The van der Waals surface area contributed by atoms with Gasteiger partial charge in [0, 0.05) is 34.4 Å². The molecule has 0 aliphatic heterocycles. The van der Waals surface area contributed by atoms with Gasteiger partial charge < -0.3 is 9.73 Å². The number of hydrogen-bond acceptors (Lipinski definition) is 3. The van der Waals surface area contributed by atoms with Crippen molar-refractivity contribution in [2.45, 2.75) is 6.42 Å². The Kier molecular flexibility index (Phi) is 3.51. The molecule has 0 bridgehead atoms. The van der Waals surface area contributed by atoms with Crippen molar-refractivity contribution in [3.8, 4) is 0 Å². The molecule has 0 atom stereocenters. The van der Waals surface area contributed by atoms with Gasteiger partial charge in [0.1, 0.15) is 11.6 Å². The van der Waals surface area contributed by atoms with Gasteiger partial charge in [-0.1, -0.05) is 28.1 Å². The van der Waals surface area contributed by atoms with E-state index in [1.54, 1.807) is 6.26 Å². The highest BCUT2D eigenvalue weighted by atomic mass is 79.9. The second-order valence-electron chi connectivity index (χ2n) is 4.25. The van der Waals surface area contributed by atoms with Crippen molar-refractivity contribution in [1.29, 1.82) is 0 Å². The molecular weight excluding hydrogens is 304 g/mol. The molecule has 4 heteroatoms. The standard InChI is InChI=1S/C15H13BrN2O/c16-14-5-1-4-13-12(14)7-9-18-15(13)17-8-6-11-3-2-10-19-11/h1-5,7,9-10H,6,8H2,(H,17,18). The zero-order valence-electron chi connectivity index (χ0n) is 10.3. The average Bonchev–Trinajstić information content (AvgIpc) is 2.93. The lowest BCUT2D eigenvalue weighted by molar-refractivity contribution is 0.513. The Labute approximate surface area is 119 Å². The number of hydrogen-bond donors (Lipinski definition) is 1. The number of pyridine rings is 1. The summed E-state index contributed by atoms with van der Waals surface area (Å²) in [5.74, 6) is 1.89. The summed E-state index contributed by atoms with van der Waals surface area (Å²) in [5, 5.41) is 5.65. The van der Waals surface area contributed by atoms with Crippen LogP contribution in [-0.2, 0) is 6.42 Å². The molecule has 0 amide bonds. The second kappa shape index (κ2) is 5.45. The first-order valence-corrected chi connectivity index (χ1v) is 6.93. The molecular formula is C15H13BrN2O. The summed E-state index contributed by atoms with van der Waals surface area (Å²) < 4.78 is 6.39. The van der Waals surface area contributed by atoms with Gasteiger partial charge in [0.2, 0.25) is 0 Å². The maximum absolute atomic E-state index is 5.31. The first-order chi connectivity index (χ1) is 9.34. The van der Waals surface area contributed by atoms with Crippen LogP contribution >= 0.6 is 15.9 Å². The predicted molar refractivity (Wildman–Crippen MR) is 80.3 cm³/mol. The van der Waals surface area contributed by atoms with E-state index in [0.717, 1.165) is 39.8 Å². The van der Waals surface area contributed by atoms with Gasteiger partial charge in [-0.05, 0) is 24.3 Å². The Morgan fingerprint density at radius 2 is 2.05 bits per heavy atom. The summed E-state index contributed by atoms with van der Waals surface area (Å²) in [6.45, 7) is 0.798. The summed E-state index contributed by atoms with van der Waals surface area (Å²) >= 11 is 3.56. The number of halogens is 1. The van der Waals surface area contributed by atoms with Crippen molar-refractivity contribution < 1.29 is 4.42 Å². The quantitative estimate of drug-likeness (QED) is 0.782. The van der Waals surface area contributed by atoms with E-state index in [4.69, 9.17) is 4.42 Å². The molecule has 3 aromatic rings. The monoisotopic (exact) mass is 316 g/mol. The molecule has 0 radical (unpaired) electrons. The normalized spacial score (nSPS) is 10.8. The van der Waals surface area contributed by atoms with Gasteiger partial charge in [-0.3, -0.25) is 0 Å². The smallest absolute Gasteiger partial charge is 0.133 e. The summed E-state index contributed by atoms with van der Waals surface area (Å²) in [5.41, 5.74) is 0. The number of furan rings is 1. The fourth-order valence-corrected chi connectivity index (χ4v) is 2.57. The van der Waals surface area contributed by atoms with Gasteiger partial charge in [-0.25, -0.2) is 4.98 Å². The van der Waals surface area contributed by atoms with Crippen LogP contribution in [0.4, 0.5) is 5.82 Å². The molecule has 3 nitrogen and oxygen atoms in total. The van der Waals surface area contributed by atoms with Gasteiger partial charge in [-0.2, -0.15) is 0 Å². The molecule has 0 spiro atoms. The van der Waals surface area contributed by atoms with Crippen LogP contribution in [0, 0.1) is 0 Å². The van der Waals surface area contributed by atoms with Crippen molar-refractivity contribution in [3.05, 3.63) is 59.1 Å². The second-order valence-corrected chi connectivity index (χ2v) is 5.10. The maximum Gasteiger partial charge on any atom is 0.133 e. The van der Waals surface area contributed by atoms with Gasteiger partial charge in [-0.15, -0.1) is 0 Å². The fourth-order valence-electron chi connectivity index (χ4n) is 2.07. The molecule has 2 aromatic heterocycles. The molecule has 0 aliphatic rings. The van der Waals surface area contributed by atoms with Crippen LogP contribution < -0.4 is 5.32 Å². The van der Waals surface area contributed by atoms with Crippen molar-refractivity contribution in [1.82, 2.24) is 4.98 Å². The van der Waals surface area contributed by atoms with Crippen LogP contribution in [0.1, 0.15) is 5.76 Å². The molecule has 0 saturated carbocycles. The largest absolute Gasteiger partial charge is 0.469 e. The van der Waals surface area contributed by atoms with Crippen LogP contribution in [0.15, 0.2) is 57.7 Å². The lowest BCUT2D eigenvalue weighted by Crippen LogP contribution is -2.06. The minimum atomic E-state index is 0.798. The van der Waals surface area contributed by atoms with Gasteiger partial charge in [0.15, 0.2) is 0 Å². The molecule has 1 N–H and O–H groups in total. The molecule has 1 aromatic carbocycles. The fraction of sp³-hybridized carbons (Fsp3) is 0.133. The maximum atomic E-state index is 5.31. The Balaban J connectivity index is 1.79. The Hall–Kier alpha value is -1.81. The van der Waals surface area contributed by atoms with Crippen molar-refractivity contribution in [2.24, 2.45) is 0 Å². The van der Waals surface area contributed by atoms with E-state index in [1.807, 2.05) is 36.5 Å². The summed E-state index contributed by atoms with van der Waals surface area (Å²) in [6, 6.07) is 12.0. The number of nitrogens with one attached hydrogen (secondary N) is 1. The van der Waals surface area contributed by atoms with E-state index < -0.39 is 0 Å². The molecule has 96 valence electrons. The molecule has 19 heavy (non-hydrogen) atoms. The van der Waals surface area contributed by atoms with Crippen molar-refractivity contribution in [3.63, 3.8) is 0 Å². The minimum Gasteiger partial charge on any atom is -0.469 e. The average molecular weight is 317 g/mol. The number of anilines is 1. The van der Waals surface area contributed by atoms with E-state index in [1.165, 1.54) is 0 Å². The van der Waals surface area contributed by atoms with E-state index in [9.17, 15) is 0 Å². The molecule has 0 aliphatic carbocycles. The summed E-state index contributed by atoms with van der Waals surface area (Å²) in [6.07, 6.45) is 4.37. The van der Waals surface area contributed by atoms with Crippen molar-refractivity contribution in [2.75, 3.05) is 11.9 Å². The third kappa shape index (κ3) is 2.63. The topological polar surface area (TPSA) is 38.1 Å². The van der Waals surface area contributed by atoms with E-state index >= 15 is 0 Å². The number of fused-ring (bicyclic) bond motifs is 1. The molecule has 2 heterocycles. The number of aromatic nitrogens is 1. The van der Waals surface area contributed by atoms with Crippen LogP contribution in [0.3, 0.4) is 0 Å². The van der Waals surface area contributed by atoms with Crippen LogP contribution in [0.25, 0.3) is 10.8 Å². The van der Waals surface area contributed by atoms with Gasteiger partial charge in [0.25, 0.3) is 0 Å². The van der Waals surface area contributed by atoms with Crippen molar-refractivity contribution >= 4 is 32.5 Å². The number of nitrogens with zero attached hydrogens (tertiary/aromatic N) is 1. The summed E-state index contributed by atoms with van der Waals surface area (Å²) in [7, 11) is 0. The van der Waals surface area contributed by atoms with Crippen LogP contribution in [-0.4, -0.2) is 11.5 Å². The number of benzene rings is 1. The predicted octanol–water partition coefficient (Wildman–Crippen LogP) is 4.24. The minimum absolute atomic E-state index is 0.798. The SMILES string of the molecule is Brc1cccc2c(NCCc3ccco3)nccc12. The highest BCUT2D eigenvalue weighted by Gasteiger charge is 2.04. The van der Waals surface area contributed by atoms with E-state index in [2.05, 4.69) is 32.3 Å². The number of rotatable bonds is 4. The lowest BCUT2D eigenvalue weighted by Gasteiger charge is -2.08. The Morgan fingerprint density at radius 1 is 1.11 bits per heavy atom. The lowest BCUT2D eigenvalue weighted by atomic mass is 10.1. The van der Waals surface area contributed by atoms with Gasteiger partial charge in [0.05, 0.1) is 6.26 Å². The molecule has 3 rings (SSSR count). The summed E-state index contributed by atoms with van der Waals surface area (Å²) in [4.78, 5) is 4.40. The van der Waals surface area contributed by atoms with E-state index in [0.29, 0.717) is 0 Å². The third-order valence-electron chi connectivity index (χ3n) is 3.00. The van der Waals surface area contributed by atoms with Gasteiger partial charge >= 0.3 is 0 Å². The zero-order valence-corrected chi connectivity index (χ0v) is 11.9. The van der Waals surface area contributed by atoms with Crippen LogP contribution in [0.5, 0.6) is 0 Å². The molecule has 0 fully saturated rings. The Bertz CT molecular complexity index is 680. The van der Waals surface area contributed by atoms with Crippen LogP contribution in [0.2, 0.25) is 0 Å². The molecule has 0 saturated heterocycles. The molecule has 0 unspecified atom stereocenters. The first-order valence-electron chi connectivity index (χ1n) is 6.14. The van der Waals surface area contributed by atoms with E-state index in [-0.39, 0.29) is 0 Å². The highest BCUT2D eigenvalue weighted by Crippen LogP contribution is 2.27.